The number of amides is 3. The minimum Gasteiger partial charge on any atom is -0.481 e. The van der Waals surface area contributed by atoms with E-state index in [4.69, 9.17) is 10.2 Å². The van der Waals surface area contributed by atoms with Gasteiger partial charge in [0.25, 0.3) is 0 Å². The molecule has 256 valence electrons. The lowest BCUT2D eigenvalue weighted by Crippen LogP contribution is -2.51. The second kappa shape index (κ2) is 24.3. The maximum Gasteiger partial charge on any atom is 0.326 e. The van der Waals surface area contributed by atoms with Gasteiger partial charge in [-0.05, 0) is 58.3 Å². The zero-order valence-electron chi connectivity index (χ0n) is 26.0. The summed E-state index contributed by atoms with van der Waals surface area (Å²) in [5, 5.41) is 43.5. The van der Waals surface area contributed by atoms with Crippen LogP contribution in [-0.4, -0.2) is 86.4 Å². The van der Waals surface area contributed by atoms with Gasteiger partial charge in [0.15, 0.2) is 0 Å². The Balaban J connectivity index is 4.10. The van der Waals surface area contributed by atoms with Crippen molar-refractivity contribution in [2.45, 2.75) is 128 Å². The number of hydrogen-bond donors (Lipinski definition) is 7. The van der Waals surface area contributed by atoms with Gasteiger partial charge < -0.3 is 41.2 Å². The van der Waals surface area contributed by atoms with Crippen LogP contribution in [0.15, 0.2) is 0 Å². The molecule has 0 aliphatic carbocycles. The van der Waals surface area contributed by atoms with E-state index in [0.717, 1.165) is 25.7 Å². The van der Waals surface area contributed by atoms with Crippen molar-refractivity contribution >= 4 is 47.4 Å². The molecule has 0 aliphatic heterocycles. The third kappa shape index (κ3) is 23.1. The van der Waals surface area contributed by atoms with Gasteiger partial charge in [-0.25, -0.2) is 14.4 Å². The maximum atomic E-state index is 12.2. The zero-order valence-corrected chi connectivity index (χ0v) is 26.0. The minimum atomic E-state index is -1.49. The van der Waals surface area contributed by atoms with Gasteiger partial charge in [0, 0.05) is 38.6 Å². The third-order valence-electron chi connectivity index (χ3n) is 7.11. The van der Waals surface area contributed by atoms with Crippen molar-refractivity contribution in [3.8, 4) is 0 Å². The lowest BCUT2D eigenvalue weighted by atomic mass is 9.93. The molecule has 3 amide bonds. The lowest BCUT2D eigenvalue weighted by molar-refractivity contribution is -0.144. The Morgan fingerprint density at radius 3 is 1.64 bits per heavy atom. The van der Waals surface area contributed by atoms with Gasteiger partial charge in [0.1, 0.15) is 23.7 Å². The predicted octanol–water partition coefficient (Wildman–Crippen LogP) is 2.88. The van der Waals surface area contributed by atoms with E-state index in [1.807, 2.05) is 0 Å². The fourth-order valence-corrected chi connectivity index (χ4v) is 4.52. The normalized spacial score (nSPS) is 12.7. The first-order valence-electron chi connectivity index (χ1n) is 15.5. The SMILES string of the molecule is CC(=O)CCCCCC(CC(=O)CCCCCCC(=O)NCCCC[C@H](NC(=O)N[C@@H](CCC(=O)O)C(=O)O)C(=O)O)C(=O)O. The van der Waals surface area contributed by atoms with Gasteiger partial charge in [-0.3, -0.25) is 19.2 Å². The van der Waals surface area contributed by atoms with E-state index in [2.05, 4.69) is 16.0 Å². The number of ketones is 2. The van der Waals surface area contributed by atoms with Crippen molar-refractivity contribution in [2.24, 2.45) is 5.92 Å². The first kappa shape index (κ1) is 41.0. The summed E-state index contributed by atoms with van der Waals surface area (Å²) in [5.41, 5.74) is 0. The second-order valence-electron chi connectivity index (χ2n) is 11.2. The largest absolute Gasteiger partial charge is 0.481 e. The molecule has 1 unspecified atom stereocenters. The molecular formula is C30H49N3O12. The topological polar surface area (TPSA) is 254 Å². The molecule has 15 nitrogen and oxygen atoms in total. The fourth-order valence-electron chi connectivity index (χ4n) is 4.52. The molecule has 15 heteroatoms. The summed E-state index contributed by atoms with van der Waals surface area (Å²) in [5.74, 6) is -5.87. The van der Waals surface area contributed by atoms with Crippen molar-refractivity contribution < 1.29 is 58.8 Å². The molecule has 7 N–H and O–H groups in total. The molecule has 0 saturated carbocycles. The molecule has 0 bridgehead atoms. The van der Waals surface area contributed by atoms with Crippen LogP contribution in [0.25, 0.3) is 0 Å². The maximum absolute atomic E-state index is 12.2. The molecule has 0 aromatic rings. The highest BCUT2D eigenvalue weighted by atomic mass is 16.4. The summed E-state index contributed by atoms with van der Waals surface area (Å²) in [6.45, 7) is 1.81. The summed E-state index contributed by atoms with van der Waals surface area (Å²) in [6.07, 6.45) is 6.24. The number of unbranched alkanes of at least 4 members (excludes halogenated alkanes) is 6. The number of aliphatic carboxylic acids is 4. The van der Waals surface area contributed by atoms with Crippen LogP contribution in [-0.2, 0) is 33.6 Å². The average molecular weight is 644 g/mol. The van der Waals surface area contributed by atoms with Gasteiger partial charge in [-0.1, -0.05) is 25.7 Å². The smallest absolute Gasteiger partial charge is 0.326 e. The molecule has 0 rings (SSSR count). The third-order valence-corrected chi connectivity index (χ3v) is 7.11. The average Bonchev–Trinajstić information content (AvgIpc) is 2.94. The molecule has 0 aromatic carbocycles. The van der Waals surface area contributed by atoms with E-state index in [0.29, 0.717) is 57.9 Å². The Hall–Kier alpha value is -4.04. The van der Waals surface area contributed by atoms with Crippen LogP contribution in [0.2, 0.25) is 0 Å². The standard InChI is InChI=1S/C30H49N3O12/c1-20(34)11-5-4-6-12-21(27(39)40)19-22(35)13-7-2-3-8-15-25(36)31-18-10-9-14-23(28(41)42)32-30(45)33-24(29(43)44)16-17-26(37)38/h21,23-24H,2-19H2,1H3,(H,31,36)(H,37,38)(H,39,40)(H,41,42)(H,43,44)(H2,32,33,45)/t21?,23-,24-/m0/s1. The summed E-state index contributed by atoms with van der Waals surface area (Å²) in [4.78, 5) is 92.0. The molecule has 45 heavy (non-hydrogen) atoms. The van der Waals surface area contributed by atoms with Crippen molar-refractivity contribution in [3.05, 3.63) is 0 Å². The Bertz CT molecular complexity index is 1000. The highest BCUT2D eigenvalue weighted by molar-refractivity contribution is 5.86. The molecule has 0 saturated heterocycles. The van der Waals surface area contributed by atoms with E-state index in [-0.39, 0.29) is 43.2 Å². The molecule has 0 aliphatic rings. The van der Waals surface area contributed by atoms with Crippen molar-refractivity contribution in [2.75, 3.05) is 6.54 Å². The summed E-state index contributed by atoms with van der Waals surface area (Å²) in [7, 11) is 0. The highest BCUT2D eigenvalue weighted by Gasteiger charge is 2.25. The van der Waals surface area contributed by atoms with Crippen LogP contribution < -0.4 is 16.0 Å². The van der Waals surface area contributed by atoms with E-state index in [1.54, 1.807) is 0 Å². The monoisotopic (exact) mass is 643 g/mol. The number of nitrogens with one attached hydrogen (secondary N) is 3. The Morgan fingerprint density at radius 2 is 1.09 bits per heavy atom. The Kier molecular flexibility index (Phi) is 22.1. The van der Waals surface area contributed by atoms with Crippen LogP contribution in [0, 0.1) is 5.92 Å². The number of urea groups is 1. The number of rotatable bonds is 28. The van der Waals surface area contributed by atoms with Gasteiger partial charge in [0.2, 0.25) is 5.91 Å². The van der Waals surface area contributed by atoms with Crippen molar-refractivity contribution in [1.82, 2.24) is 16.0 Å². The van der Waals surface area contributed by atoms with E-state index in [9.17, 15) is 48.6 Å². The predicted molar refractivity (Wildman–Crippen MR) is 160 cm³/mol. The summed E-state index contributed by atoms with van der Waals surface area (Å²) >= 11 is 0. The van der Waals surface area contributed by atoms with Gasteiger partial charge in [0.05, 0.1) is 5.92 Å². The molecule has 0 radical (unpaired) electrons. The van der Waals surface area contributed by atoms with E-state index in [1.165, 1.54) is 6.92 Å². The van der Waals surface area contributed by atoms with E-state index >= 15 is 0 Å². The molecule has 0 heterocycles. The van der Waals surface area contributed by atoms with Gasteiger partial charge in [-0.2, -0.15) is 0 Å². The molecular weight excluding hydrogens is 594 g/mol. The fraction of sp³-hybridized carbons (Fsp3) is 0.733. The highest BCUT2D eigenvalue weighted by Crippen LogP contribution is 2.18. The number of carbonyl (C=O) groups is 8. The first-order valence-corrected chi connectivity index (χ1v) is 15.5. The van der Waals surface area contributed by atoms with Crippen LogP contribution in [0.4, 0.5) is 4.79 Å². The zero-order chi connectivity index (χ0) is 34.2. The number of carbonyl (C=O) groups excluding carboxylic acids is 4. The van der Waals surface area contributed by atoms with Crippen molar-refractivity contribution in [3.63, 3.8) is 0 Å². The van der Waals surface area contributed by atoms with Crippen LogP contribution >= 0.6 is 0 Å². The Labute approximate surface area is 262 Å². The van der Waals surface area contributed by atoms with Crippen LogP contribution in [0.3, 0.4) is 0 Å². The number of carboxylic acid groups (broad SMARTS) is 4. The number of carboxylic acids is 4. The van der Waals surface area contributed by atoms with E-state index < -0.39 is 54.3 Å². The molecule has 3 atom stereocenters. The number of hydrogen-bond acceptors (Lipinski definition) is 8. The minimum absolute atomic E-state index is 0.000699. The van der Waals surface area contributed by atoms with Crippen LogP contribution in [0.5, 0.6) is 0 Å². The Morgan fingerprint density at radius 1 is 0.556 bits per heavy atom. The molecule has 0 fully saturated rings. The lowest BCUT2D eigenvalue weighted by Gasteiger charge is -2.18. The van der Waals surface area contributed by atoms with Crippen molar-refractivity contribution in [1.29, 1.82) is 0 Å². The quantitative estimate of drug-likeness (QED) is 0.0608. The molecule has 0 aromatic heterocycles. The number of Topliss-reactive ketones (excluding diaryl/α,β-unsaturated/α-hetero) is 2. The van der Waals surface area contributed by atoms with Gasteiger partial charge >= 0.3 is 29.9 Å². The summed E-state index contributed by atoms with van der Waals surface area (Å²) < 4.78 is 0. The first-order chi connectivity index (χ1) is 21.2. The second-order valence-corrected chi connectivity index (χ2v) is 11.2. The summed E-state index contributed by atoms with van der Waals surface area (Å²) in [6, 6.07) is -3.84. The molecule has 0 spiro atoms. The van der Waals surface area contributed by atoms with Crippen LogP contribution in [0.1, 0.15) is 116 Å². The van der Waals surface area contributed by atoms with Gasteiger partial charge in [-0.15, -0.1) is 0 Å².